The van der Waals surface area contributed by atoms with Crippen molar-refractivity contribution >= 4 is 17.7 Å². The van der Waals surface area contributed by atoms with E-state index in [0.29, 0.717) is 5.75 Å². The molecule has 4 atom stereocenters. The van der Waals surface area contributed by atoms with E-state index in [1.165, 1.54) is 45.2 Å². The van der Waals surface area contributed by atoms with Crippen LogP contribution in [0, 0.1) is 12.8 Å². The van der Waals surface area contributed by atoms with Crippen LogP contribution in [0.25, 0.3) is 0 Å². The number of carbonyl (C=O) groups excluding carboxylic acids is 3. The van der Waals surface area contributed by atoms with E-state index in [1.807, 2.05) is 91.9 Å². The second-order valence-electron chi connectivity index (χ2n) is 12.7. The number of hydrogen-bond donors (Lipinski definition) is 5. The van der Waals surface area contributed by atoms with Gasteiger partial charge in [-0.15, -0.1) is 0 Å². The molecular formula is C39H43F3N4O5. The molecule has 0 saturated heterocycles. The van der Waals surface area contributed by atoms with Crippen molar-refractivity contribution in [2.45, 2.75) is 63.1 Å². The molecule has 0 aliphatic heterocycles. The number of hydrogen-bond acceptors (Lipinski definition) is 6. The average Bonchev–Trinajstić information content (AvgIpc) is 3.12. The number of methoxy groups -OCH3 is 1. The van der Waals surface area contributed by atoms with E-state index < -0.39 is 66.0 Å². The molecule has 4 rings (SSSR count). The lowest BCUT2D eigenvalue weighted by molar-refractivity contribution is -0.215. The maximum Gasteiger partial charge on any atom is 0.416 e. The van der Waals surface area contributed by atoms with Gasteiger partial charge >= 0.3 is 6.18 Å². The van der Waals surface area contributed by atoms with Crippen LogP contribution in [0.3, 0.4) is 0 Å². The van der Waals surface area contributed by atoms with Crippen molar-refractivity contribution in [2.24, 2.45) is 11.7 Å². The first-order valence-electron chi connectivity index (χ1n) is 16.4. The summed E-state index contributed by atoms with van der Waals surface area (Å²) in [6.45, 7) is 4.78. The molecule has 0 radical (unpaired) electrons. The number of aliphatic hydroxyl groups is 1. The van der Waals surface area contributed by atoms with E-state index in [4.69, 9.17) is 10.5 Å². The van der Waals surface area contributed by atoms with E-state index in [2.05, 4.69) is 16.0 Å². The van der Waals surface area contributed by atoms with Crippen LogP contribution in [-0.4, -0.2) is 54.3 Å². The molecule has 270 valence electrons. The molecule has 4 unspecified atom stereocenters. The number of rotatable bonds is 14. The first-order chi connectivity index (χ1) is 24.2. The number of carbonyl (C=O) groups is 3. The molecular weight excluding hydrogens is 661 g/mol. The van der Waals surface area contributed by atoms with E-state index in [0.717, 1.165) is 22.3 Å². The Morgan fingerprint density at radius 3 is 1.75 bits per heavy atom. The predicted octanol–water partition coefficient (Wildman–Crippen LogP) is 5.05. The molecule has 0 aliphatic carbocycles. The van der Waals surface area contributed by atoms with Gasteiger partial charge in [0.2, 0.25) is 17.7 Å². The summed E-state index contributed by atoms with van der Waals surface area (Å²) in [5.74, 6) is -2.90. The Bertz CT molecular complexity index is 1710. The SMILES string of the molecule is COc1ccc(C(NC(=O)C(N)CC(=O)NC(c2ccccc2)(c2ccccc2)c2ccc(C)cc2)C(=O)NC(C(C)C)C(O)C(F)(F)F)cc1. The minimum absolute atomic E-state index is 0.203. The first-order valence-corrected chi connectivity index (χ1v) is 16.4. The highest BCUT2D eigenvalue weighted by Crippen LogP contribution is 2.37. The molecule has 4 aromatic carbocycles. The highest BCUT2D eigenvalue weighted by atomic mass is 19.4. The number of benzene rings is 4. The Hall–Kier alpha value is -5.20. The standard InChI is InChI=1S/C39H43F3N4O5/c1-24(2)33(35(48)39(40,41)42)44-37(50)34(26-17-21-30(51-4)22-18-26)45-36(49)31(43)23-32(47)46-38(27-11-7-5-8-12-27,28-13-9-6-10-14-28)29-19-15-25(3)16-20-29/h5-22,24,31,33-35,48H,23,43H2,1-4H3,(H,44,50)(H,45,49)(H,46,47). The zero-order valence-electron chi connectivity index (χ0n) is 28.8. The normalized spacial score (nSPS) is 14.2. The van der Waals surface area contributed by atoms with Gasteiger partial charge in [0.1, 0.15) is 17.3 Å². The Morgan fingerprint density at radius 2 is 1.27 bits per heavy atom. The summed E-state index contributed by atoms with van der Waals surface area (Å²) in [5, 5.41) is 17.9. The number of ether oxygens (including phenoxy) is 1. The topological polar surface area (TPSA) is 143 Å². The molecule has 0 aliphatic rings. The average molecular weight is 705 g/mol. The van der Waals surface area contributed by atoms with Crippen LogP contribution in [-0.2, 0) is 19.9 Å². The van der Waals surface area contributed by atoms with E-state index in [-0.39, 0.29) is 5.56 Å². The van der Waals surface area contributed by atoms with E-state index >= 15 is 0 Å². The lowest BCUT2D eigenvalue weighted by Gasteiger charge is -2.37. The van der Waals surface area contributed by atoms with Crippen LogP contribution in [0.5, 0.6) is 5.75 Å². The van der Waals surface area contributed by atoms with Gasteiger partial charge in [-0.3, -0.25) is 14.4 Å². The minimum atomic E-state index is -5.01. The Balaban J connectivity index is 1.63. The smallest absolute Gasteiger partial charge is 0.416 e. The molecule has 0 saturated carbocycles. The molecule has 12 heteroatoms. The van der Waals surface area contributed by atoms with Crippen LogP contribution in [0.4, 0.5) is 13.2 Å². The van der Waals surface area contributed by atoms with Gasteiger partial charge in [-0.2, -0.15) is 13.2 Å². The number of aryl methyl sites for hydroxylation is 1. The van der Waals surface area contributed by atoms with Crippen LogP contribution in [0.2, 0.25) is 0 Å². The fourth-order valence-electron chi connectivity index (χ4n) is 5.86. The summed E-state index contributed by atoms with van der Waals surface area (Å²) >= 11 is 0. The van der Waals surface area contributed by atoms with Gasteiger partial charge in [0.15, 0.2) is 6.10 Å². The zero-order chi connectivity index (χ0) is 37.3. The molecule has 6 N–H and O–H groups in total. The van der Waals surface area contributed by atoms with Crippen molar-refractivity contribution < 1.29 is 37.4 Å². The van der Waals surface area contributed by atoms with Gasteiger partial charge in [-0.05, 0) is 47.2 Å². The third kappa shape index (κ3) is 9.33. The van der Waals surface area contributed by atoms with Gasteiger partial charge in [0.25, 0.3) is 0 Å². The highest BCUT2D eigenvalue weighted by Gasteiger charge is 2.46. The summed E-state index contributed by atoms with van der Waals surface area (Å²) < 4.78 is 45.6. The summed E-state index contributed by atoms with van der Waals surface area (Å²) in [6.07, 6.45) is -8.37. The van der Waals surface area contributed by atoms with Crippen molar-refractivity contribution in [3.05, 3.63) is 137 Å². The number of nitrogens with one attached hydrogen (secondary N) is 3. The van der Waals surface area contributed by atoms with Crippen molar-refractivity contribution in [3.63, 3.8) is 0 Å². The summed E-state index contributed by atoms with van der Waals surface area (Å²) in [4.78, 5) is 41.0. The molecule has 3 amide bonds. The number of amides is 3. The monoisotopic (exact) mass is 704 g/mol. The van der Waals surface area contributed by atoms with Gasteiger partial charge in [0.05, 0.1) is 25.6 Å². The molecule has 4 aromatic rings. The lowest BCUT2D eigenvalue weighted by Crippen LogP contribution is -2.56. The van der Waals surface area contributed by atoms with Gasteiger partial charge in [-0.1, -0.05) is 116 Å². The molecule has 0 aromatic heterocycles. The van der Waals surface area contributed by atoms with Gasteiger partial charge < -0.3 is 31.5 Å². The van der Waals surface area contributed by atoms with Crippen LogP contribution in [0.1, 0.15) is 54.1 Å². The molecule has 0 spiro atoms. The summed E-state index contributed by atoms with van der Waals surface area (Å²) in [6, 6.07) is 27.6. The Morgan fingerprint density at radius 1 is 0.765 bits per heavy atom. The van der Waals surface area contributed by atoms with Crippen LogP contribution < -0.4 is 26.4 Å². The number of nitrogens with two attached hydrogens (primary N) is 1. The largest absolute Gasteiger partial charge is 0.497 e. The van der Waals surface area contributed by atoms with Gasteiger partial charge in [-0.25, -0.2) is 0 Å². The number of halogens is 3. The van der Waals surface area contributed by atoms with Crippen molar-refractivity contribution in [1.29, 1.82) is 0 Å². The van der Waals surface area contributed by atoms with E-state index in [1.54, 1.807) is 0 Å². The fraction of sp³-hybridized carbons (Fsp3) is 0.308. The molecule has 0 fully saturated rings. The number of aliphatic hydroxyl groups excluding tert-OH is 1. The minimum Gasteiger partial charge on any atom is -0.497 e. The molecule has 51 heavy (non-hydrogen) atoms. The second-order valence-corrected chi connectivity index (χ2v) is 12.7. The third-order valence-electron chi connectivity index (χ3n) is 8.67. The third-order valence-corrected chi connectivity index (χ3v) is 8.67. The molecule has 0 heterocycles. The maximum atomic E-state index is 13.9. The number of alkyl halides is 3. The summed E-state index contributed by atoms with van der Waals surface area (Å²) in [5.41, 5.74) is 8.59. The fourth-order valence-corrected chi connectivity index (χ4v) is 5.86. The molecule has 0 bridgehead atoms. The molecule has 9 nitrogen and oxygen atoms in total. The quantitative estimate of drug-likeness (QED) is 0.116. The Kier molecular flexibility index (Phi) is 12.6. The van der Waals surface area contributed by atoms with Crippen LogP contribution in [0.15, 0.2) is 109 Å². The van der Waals surface area contributed by atoms with E-state index in [9.17, 15) is 32.7 Å². The summed E-state index contributed by atoms with van der Waals surface area (Å²) in [7, 11) is 1.43. The predicted molar refractivity (Wildman–Crippen MR) is 187 cm³/mol. The second kappa shape index (κ2) is 16.7. The van der Waals surface area contributed by atoms with Crippen LogP contribution >= 0.6 is 0 Å². The first kappa shape index (κ1) is 38.6. The zero-order valence-corrected chi connectivity index (χ0v) is 28.8. The van der Waals surface area contributed by atoms with Crippen molar-refractivity contribution in [1.82, 2.24) is 16.0 Å². The maximum absolute atomic E-state index is 13.9. The van der Waals surface area contributed by atoms with Crippen molar-refractivity contribution in [2.75, 3.05) is 7.11 Å². The Labute approximate surface area is 295 Å². The highest BCUT2D eigenvalue weighted by molar-refractivity contribution is 5.93. The van der Waals surface area contributed by atoms with Gasteiger partial charge in [0, 0.05) is 0 Å². The lowest BCUT2D eigenvalue weighted by atomic mass is 9.76. The van der Waals surface area contributed by atoms with Crippen molar-refractivity contribution in [3.8, 4) is 5.75 Å².